The number of fused-ring (bicyclic) bond motifs is 13. The summed E-state index contributed by atoms with van der Waals surface area (Å²) in [5.74, 6) is 0. The maximum absolute atomic E-state index is 12.0. The van der Waals surface area contributed by atoms with Gasteiger partial charge in [0.15, 0.2) is 0 Å². The van der Waals surface area contributed by atoms with Crippen LogP contribution in [0.1, 0.15) is 11.1 Å². The zero-order chi connectivity index (χ0) is 40.8. The molecule has 5 aromatic heterocycles. The fourth-order valence-electron chi connectivity index (χ4n) is 11.1. The summed E-state index contributed by atoms with van der Waals surface area (Å²) in [7, 11) is 0. The molecule has 282 valence electrons. The van der Waals surface area contributed by atoms with Crippen molar-refractivity contribution in [1.82, 2.24) is 23.7 Å². The number of hydrogen-bond acceptors (Lipinski definition) is 4. The van der Waals surface area contributed by atoms with Crippen molar-refractivity contribution in [2.24, 2.45) is 0 Å². The Kier molecular flexibility index (Phi) is 6.39. The third-order valence-electron chi connectivity index (χ3n) is 13.5. The van der Waals surface area contributed by atoms with Crippen LogP contribution >= 0.6 is 0 Å². The lowest BCUT2D eigenvalue weighted by atomic mass is 9.34. The number of para-hydroxylation sites is 4. The first-order valence-electron chi connectivity index (χ1n) is 20.7. The zero-order valence-corrected chi connectivity index (χ0v) is 32.9. The summed E-state index contributed by atoms with van der Waals surface area (Å²) in [6.45, 7) is -0.234. The summed E-state index contributed by atoms with van der Waals surface area (Å²) in [5, 5.41) is 30.4. The predicted octanol–water partition coefficient (Wildman–Crippen LogP) is 9.99. The Morgan fingerprint density at radius 3 is 1.34 bits per heavy atom. The van der Waals surface area contributed by atoms with Crippen LogP contribution in [-0.2, 0) is 0 Å². The van der Waals surface area contributed by atoms with Crippen molar-refractivity contribution in [3.63, 3.8) is 0 Å². The molecule has 0 bridgehead atoms. The van der Waals surface area contributed by atoms with Crippen LogP contribution in [0.2, 0.25) is 0 Å². The lowest BCUT2D eigenvalue weighted by molar-refractivity contribution is 1.08. The number of aromatic nitrogens is 5. The van der Waals surface area contributed by atoms with Crippen LogP contribution in [0.4, 0.5) is 0 Å². The zero-order valence-electron chi connectivity index (χ0n) is 32.9. The maximum atomic E-state index is 12.0. The number of nitriles is 2. The molecule has 0 N–H and O–H groups in total. The molecule has 0 saturated carbocycles. The maximum Gasteiger partial charge on any atom is 0.252 e. The van der Waals surface area contributed by atoms with Crippen molar-refractivity contribution >= 4 is 88.5 Å². The summed E-state index contributed by atoms with van der Waals surface area (Å²) in [5.41, 5.74) is 16.3. The Hall–Kier alpha value is -8.72. The first-order chi connectivity index (χ1) is 30.7. The van der Waals surface area contributed by atoms with E-state index in [1.807, 2.05) is 24.5 Å². The summed E-state index contributed by atoms with van der Waals surface area (Å²) < 4.78 is 6.84. The minimum atomic E-state index is -0.234. The molecular formula is C54H28BN7. The van der Waals surface area contributed by atoms with E-state index >= 15 is 0 Å². The largest absolute Gasteiger partial charge is 0.309 e. The summed E-state index contributed by atoms with van der Waals surface area (Å²) >= 11 is 0. The molecule has 7 heterocycles. The molecule has 7 nitrogen and oxygen atoms in total. The Balaban J connectivity index is 1.25. The van der Waals surface area contributed by atoms with E-state index in [0.29, 0.717) is 16.8 Å². The molecule has 8 heteroatoms. The molecule has 0 saturated heterocycles. The summed E-state index contributed by atoms with van der Waals surface area (Å²) in [6, 6.07) is 56.8. The number of nitrogens with zero attached hydrogens (tertiary/aromatic N) is 7. The Bertz CT molecular complexity index is 3810. The molecule has 2 aliphatic rings. The van der Waals surface area contributed by atoms with Crippen LogP contribution in [0.3, 0.4) is 0 Å². The Morgan fingerprint density at radius 1 is 0.403 bits per heavy atom. The highest BCUT2D eigenvalue weighted by Crippen LogP contribution is 2.45. The predicted molar refractivity (Wildman–Crippen MR) is 250 cm³/mol. The molecule has 0 amide bonds. The van der Waals surface area contributed by atoms with Crippen LogP contribution in [0.25, 0.3) is 105 Å². The number of benzene rings is 7. The molecule has 2 aliphatic heterocycles. The van der Waals surface area contributed by atoms with Crippen LogP contribution in [0, 0.1) is 22.7 Å². The lowest BCUT2D eigenvalue weighted by Gasteiger charge is -2.35. The van der Waals surface area contributed by atoms with Crippen molar-refractivity contribution in [3.8, 4) is 51.5 Å². The van der Waals surface area contributed by atoms with Gasteiger partial charge in [-0.1, -0.05) is 109 Å². The molecule has 0 unspecified atom stereocenters. The normalized spacial score (nSPS) is 12.5. The van der Waals surface area contributed by atoms with Gasteiger partial charge in [-0.2, -0.15) is 10.5 Å². The van der Waals surface area contributed by atoms with Crippen LogP contribution in [0.15, 0.2) is 170 Å². The van der Waals surface area contributed by atoms with Gasteiger partial charge in [0.1, 0.15) is 23.3 Å². The quantitative estimate of drug-likeness (QED) is 0.167. The van der Waals surface area contributed by atoms with Gasteiger partial charge >= 0.3 is 0 Å². The fourth-order valence-corrected chi connectivity index (χ4v) is 11.1. The fraction of sp³-hybridized carbons (Fsp3) is 0. The highest BCUT2D eigenvalue weighted by atomic mass is 15.1. The molecule has 0 atom stereocenters. The molecule has 0 radical (unpaired) electrons. The van der Waals surface area contributed by atoms with E-state index in [1.165, 1.54) is 0 Å². The SMILES string of the molecule is N#Cc1c(-n2c3cc(-c4cccnc4)ccc3c3ccc(-c4cccnc4)cc32)c(C#N)c2c3c1-n1c4ccccc4c4cccc(c41)B3c1cccc3c4ccccc4n-2c13. The Morgan fingerprint density at radius 2 is 0.871 bits per heavy atom. The van der Waals surface area contributed by atoms with Crippen molar-refractivity contribution in [3.05, 3.63) is 182 Å². The molecule has 0 spiro atoms. The van der Waals surface area contributed by atoms with Gasteiger partial charge in [-0.15, -0.1) is 0 Å². The van der Waals surface area contributed by atoms with E-state index in [0.717, 1.165) is 115 Å². The van der Waals surface area contributed by atoms with Gasteiger partial charge in [-0.3, -0.25) is 9.97 Å². The van der Waals surface area contributed by atoms with Gasteiger partial charge in [0.25, 0.3) is 6.71 Å². The monoisotopic (exact) mass is 785 g/mol. The highest BCUT2D eigenvalue weighted by molar-refractivity contribution is 7.00. The average molecular weight is 786 g/mol. The number of rotatable bonds is 3. The van der Waals surface area contributed by atoms with E-state index in [2.05, 4.69) is 169 Å². The second-order valence-corrected chi connectivity index (χ2v) is 16.3. The van der Waals surface area contributed by atoms with Gasteiger partial charge in [-0.25, -0.2) is 0 Å². The topological polar surface area (TPSA) is 88.2 Å². The molecule has 0 aliphatic carbocycles. The van der Waals surface area contributed by atoms with E-state index in [4.69, 9.17) is 0 Å². The number of pyridine rings is 2. The van der Waals surface area contributed by atoms with E-state index in [9.17, 15) is 10.5 Å². The minimum absolute atomic E-state index is 0.234. The van der Waals surface area contributed by atoms with Gasteiger partial charge in [0.05, 0.1) is 39.1 Å². The molecule has 0 fully saturated rings. The second kappa shape index (κ2) is 11.9. The molecule has 14 rings (SSSR count). The third-order valence-corrected chi connectivity index (χ3v) is 13.5. The minimum Gasteiger partial charge on any atom is -0.309 e. The van der Waals surface area contributed by atoms with Gasteiger partial charge in [0.2, 0.25) is 0 Å². The van der Waals surface area contributed by atoms with Crippen molar-refractivity contribution in [1.29, 1.82) is 10.5 Å². The van der Waals surface area contributed by atoms with Crippen molar-refractivity contribution in [2.45, 2.75) is 0 Å². The number of hydrogen-bond donors (Lipinski definition) is 0. The van der Waals surface area contributed by atoms with E-state index in [1.54, 1.807) is 12.4 Å². The van der Waals surface area contributed by atoms with Crippen LogP contribution in [0.5, 0.6) is 0 Å². The first-order valence-corrected chi connectivity index (χ1v) is 20.7. The van der Waals surface area contributed by atoms with Crippen molar-refractivity contribution in [2.75, 3.05) is 0 Å². The molecule has 12 aromatic rings. The summed E-state index contributed by atoms with van der Waals surface area (Å²) in [4.78, 5) is 8.92. The standard InChI is InChI=1S/C54H28BN7/c56-27-41-50(60-47-25-31(33-9-7-23-58-29-33)19-21-37(47)38-22-20-32(26-48(38)60)34-10-8-24-59-30-34)42(28-57)54-49-53(41)61-45-17-3-1-11-35(45)39-13-5-15-43(51(39)61)55(49)44-16-6-14-40-36-12-2-4-18-46(36)62(54)52(40)44/h1-26,29-30H. The van der Waals surface area contributed by atoms with Gasteiger partial charge in [0, 0.05) is 79.3 Å². The third kappa shape index (κ3) is 4.03. The average Bonchev–Trinajstić information content (AvgIpc) is 3.97. The Labute approximate surface area is 354 Å². The molecule has 62 heavy (non-hydrogen) atoms. The first kappa shape index (κ1) is 33.2. The summed E-state index contributed by atoms with van der Waals surface area (Å²) in [6.07, 6.45) is 7.31. The van der Waals surface area contributed by atoms with E-state index < -0.39 is 0 Å². The molecular weight excluding hydrogens is 757 g/mol. The van der Waals surface area contributed by atoms with Crippen molar-refractivity contribution < 1.29 is 0 Å². The van der Waals surface area contributed by atoms with Gasteiger partial charge < -0.3 is 13.7 Å². The lowest BCUT2D eigenvalue weighted by Crippen LogP contribution is -2.60. The van der Waals surface area contributed by atoms with Crippen LogP contribution in [-0.4, -0.2) is 30.4 Å². The van der Waals surface area contributed by atoms with E-state index in [-0.39, 0.29) is 6.71 Å². The van der Waals surface area contributed by atoms with Crippen LogP contribution < -0.4 is 16.4 Å². The second-order valence-electron chi connectivity index (χ2n) is 16.3. The smallest absolute Gasteiger partial charge is 0.252 e. The van der Waals surface area contributed by atoms with Gasteiger partial charge in [-0.05, 0) is 63.9 Å². The molecule has 7 aromatic carbocycles. The highest BCUT2D eigenvalue weighted by Gasteiger charge is 2.44.